The summed E-state index contributed by atoms with van der Waals surface area (Å²) in [6.45, 7) is 8.49. The molecule has 1 atom stereocenters. The van der Waals surface area contributed by atoms with Crippen LogP contribution in [0.25, 0.3) is 0 Å². The number of hydrogen-bond acceptors (Lipinski definition) is 3. The largest absolute Gasteiger partial charge is 0.489 e. The van der Waals surface area contributed by atoms with Gasteiger partial charge in [0.05, 0.1) is 6.54 Å². The maximum atomic E-state index is 12.0. The van der Waals surface area contributed by atoms with Crippen LogP contribution < -0.4 is 15.4 Å². The maximum absolute atomic E-state index is 12.0. The van der Waals surface area contributed by atoms with E-state index >= 15 is 0 Å². The predicted molar refractivity (Wildman–Crippen MR) is 98.2 cm³/mol. The van der Waals surface area contributed by atoms with Crippen molar-refractivity contribution in [3.8, 4) is 5.75 Å². The lowest BCUT2D eigenvalue weighted by atomic mass is 10.1. The number of carbonyl (C=O) groups excluding carboxylic acids is 1. The standard InChI is InChI=1S/C20H24N2O2/c1-15(2)14-24-19-11-9-18(10-12-19)22-20(23)13-21-16(3)17-7-5-4-6-8-17/h4-12,16,21H,1,13-14H2,2-3H3,(H,22,23). The van der Waals surface area contributed by atoms with E-state index in [4.69, 9.17) is 4.74 Å². The zero-order chi connectivity index (χ0) is 17.4. The summed E-state index contributed by atoms with van der Waals surface area (Å²) >= 11 is 0. The summed E-state index contributed by atoms with van der Waals surface area (Å²) in [5, 5.41) is 6.08. The number of amides is 1. The second kappa shape index (κ2) is 8.89. The van der Waals surface area contributed by atoms with Crippen molar-refractivity contribution in [3.05, 3.63) is 72.3 Å². The van der Waals surface area contributed by atoms with Crippen molar-refractivity contribution in [1.29, 1.82) is 0 Å². The third-order valence-corrected chi connectivity index (χ3v) is 3.49. The van der Waals surface area contributed by atoms with Crippen molar-refractivity contribution in [2.45, 2.75) is 19.9 Å². The van der Waals surface area contributed by atoms with Crippen LogP contribution in [0.5, 0.6) is 5.75 Å². The number of anilines is 1. The number of carbonyl (C=O) groups is 1. The minimum absolute atomic E-state index is 0.0756. The molecule has 0 aromatic heterocycles. The molecule has 1 unspecified atom stereocenters. The highest BCUT2D eigenvalue weighted by atomic mass is 16.5. The summed E-state index contributed by atoms with van der Waals surface area (Å²) in [5.74, 6) is 0.681. The number of benzene rings is 2. The lowest BCUT2D eigenvalue weighted by Gasteiger charge is -2.14. The quantitative estimate of drug-likeness (QED) is 0.723. The van der Waals surface area contributed by atoms with Gasteiger partial charge in [0.1, 0.15) is 12.4 Å². The highest BCUT2D eigenvalue weighted by Gasteiger charge is 2.07. The van der Waals surface area contributed by atoms with Crippen LogP contribution in [0.1, 0.15) is 25.5 Å². The van der Waals surface area contributed by atoms with Crippen LogP contribution in [0.2, 0.25) is 0 Å². The molecule has 0 aliphatic rings. The number of nitrogens with one attached hydrogen (secondary N) is 2. The van der Waals surface area contributed by atoms with Gasteiger partial charge < -0.3 is 15.4 Å². The summed E-state index contributed by atoms with van der Waals surface area (Å²) in [5.41, 5.74) is 2.87. The van der Waals surface area contributed by atoms with Gasteiger partial charge >= 0.3 is 0 Å². The maximum Gasteiger partial charge on any atom is 0.238 e. The monoisotopic (exact) mass is 324 g/mol. The summed E-state index contributed by atoms with van der Waals surface area (Å²) in [6, 6.07) is 17.5. The Balaban J connectivity index is 1.78. The van der Waals surface area contributed by atoms with Gasteiger partial charge in [0, 0.05) is 11.7 Å². The molecular formula is C20H24N2O2. The molecule has 0 bridgehead atoms. The molecular weight excluding hydrogens is 300 g/mol. The van der Waals surface area contributed by atoms with E-state index in [-0.39, 0.29) is 18.5 Å². The van der Waals surface area contributed by atoms with Gasteiger partial charge in [-0.15, -0.1) is 0 Å². The van der Waals surface area contributed by atoms with Crippen LogP contribution in [0.4, 0.5) is 5.69 Å². The van der Waals surface area contributed by atoms with Gasteiger partial charge in [-0.3, -0.25) is 4.79 Å². The number of hydrogen-bond donors (Lipinski definition) is 2. The Labute approximate surface area is 143 Å². The molecule has 0 saturated carbocycles. The average molecular weight is 324 g/mol. The van der Waals surface area contributed by atoms with Gasteiger partial charge in [-0.05, 0) is 49.2 Å². The minimum Gasteiger partial charge on any atom is -0.489 e. The van der Waals surface area contributed by atoms with Crippen LogP contribution in [0.15, 0.2) is 66.7 Å². The molecule has 24 heavy (non-hydrogen) atoms. The molecule has 0 saturated heterocycles. The Kier molecular flexibility index (Phi) is 6.58. The zero-order valence-corrected chi connectivity index (χ0v) is 14.2. The normalized spacial score (nSPS) is 11.6. The van der Waals surface area contributed by atoms with Gasteiger partial charge in [0.25, 0.3) is 0 Å². The third kappa shape index (κ3) is 5.89. The van der Waals surface area contributed by atoms with Crippen molar-refractivity contribution >= 4 is 11.6 Å². The predicted octanol–water partition coefficient (Wildman–Crippen LogP) is 3.93. The van der Waals surface area contributed by atoms with Crippen LogP contribution in [0.3, 0.4) is 0 Å². The van der Waals surface area contributed by atoms with Gasteiger partial charge in [-0.1, -0.05) is 36.9 Å². The molecule has 4 heteroatoms. The first-order chi connectivity index (χ1) is 11.5. The minimum atomic E-state index is -0.0756. The molecule has 0 spiro atoms. The van der Waals surface area contributed by atoms with E-state index < -0.39 is 0 Å². The fraction of sp³-hybridized carbons (Fsp3) is 0.250. The molecule has 0 fully saturated rings. The van der Waals surface area contributed by atoms with Gasteiger partial charge in [0.15, 0.2) is 0 Å². The Morgan fingerprint density at radius 2 is 1.79 bits per heavy atom. The van der Waals surface area contributed by atoms with E-state index in [0.717, 1.165) is 22.6 Å². The Bertz CT molecular complexity index is 666. The van der Waals surface area contributed by atoms with E-state index in [1.165, 1.54) is 0 Å². The topological polar surface area (TPSA) is 50.4 Å². The lowest BCUT2D eigenvalue weighted by molar-refractivity contribution is -0.115. The second-order valence-electron chi connectivity index (χ2n) is 5.83. The lowest BCUT2D eigenvalue weighted by Crippen LogP contribution is -2.30. The van der Waals surface area contributed by atoms with E-state index in [1.54, 1.807) is 0 Å². The second-order valence-corrected chi connectivity index (χ2v) is 5.83. The molecule has 4 nitrogen and oxygen atoms in total. The van der Waals surface area contributed by atoms with Crippen LogP contribution >= 0.6 is 0 Å². The molecule has 0 heterocycles. The van der Waals surface area contributed by atoms with Crippen molar-refractivity contribution < 1.29 is 9.53 Å². The van der Waals surface area contributed by atoms with Crippen molar-refractivity contribution in [2.24, 2.45) is 0 Å². The molecule has 2 aromatic rings. The summed E-state index contributed by atoms with van der Waals surface area (Å²) < 4.78 is 5.53. The fourth-order valence-corrected chi connectivity index (χ4v) is 2.15. The Morgan fingerprint density at radius 3 is 2.42 bits per heavy atom. The first-order valence-electron chi connectivity index (χ1n) is 8.00. The van der Waals surface area contributed by atoms with Crippen LogP contribution in [-0.2, 0) is 4.79 Å². The molecule has 0 aliphatic heterocycles. The van der Waals surface area contributed by atoms with Gasteiger partial charge in [-0.25, -0.2) is 0 Å². The molecule has 2 N–H and O–H groups in total. The molecule has 2 aromatic carbocycles. The van der Waals surface area contributed by atoms with E-state index in [0.29, 0.717) is 6.61 Å². The molecule has 1 amide bonds. The van der Waals surface area contributed by atoms with Crippen molar-refractivity contribution in [3.63, 3.8) is 0 Å². The zero-order valence-electron chi connectivity index (χ0n) is 14.2. The molecule has 0 aliphatic carbocycles. The van der Waals surface area contributed by atoms with Crippen molar-refractivity contribution in [1.82, 2.24) is 5.32 Å². The van der Waals surface area contributed by atoms with Gasteiger partial charge in [0.2, 0.25) is 5.91 Å². The molecule has 0 radical (unpaired) electrons. The summed E-state index contributed by atoms with van der Waals surface area (Å²) in [7, 11) is 0. The third-order valence-electron chi connectivity index (χ3n) is 3.49. The molecule has 126 valence electrons. The van der Waals surface area contributed by atoms with E-state index in [2.05, 4.69) is 17.2 Å². The van der Waals surface area contributed by atoms with Crippen LogP contribution in [0, 0.1) is 0 Å². The average Bonchev–Trinajstić information content (AvgIpc) is 2.60. The Morgan fingerprint density at radius 1 is 1.12 bits per heavy atom. The fourth-order valence-electron chi connectivity index (χ4n) is 2.15. The van der Waals surface area contributed by atoms with E-state index in [9.17, 15) is 4.79 Å². The van der Waals surface area contributed by atoms with Crippen molar-refractivity contribution in [2.75, 3.05) is 18.5 Å². The van der Waals surface area contributed by atoms with Gasteiger partial charge in [-0.2, -0.15) is 0 Å². The Hall–Kier alpha value is -2.59. The summed E-state index contributed by atoms with van der Waals surface area (Å²) in [6.07, 6.45) is 0. The number of ether oxygens (including phenoxy) is 1. The SMILES string of the molecule is C=C(C)COc1ccc(NC(=O)CNC(C)c2ccccc2)cc1. The molecule has 2 rings (SSSR count). The first kappa shape index (κ1) is 17.8. The van der Waals surface area contributed by atoms with Crippen LogP contribution in [-0.4, -0.2) is 19.1 Å². The first-order valence-corrected chi connectivity index (χ1v) is 8.00. The highest BCUT2D eigenvalue weighted by Crippen LogP contribution is 2.16. The number of rotatable bonds is 8. The smallest absolute Gasteiger partial charge is 0.238 e. The summed E-state index contributed by atoms with van der Waals surface area (Å²) in [4.78, 5) is 12.0. The highest BCUT2D eigenvalue weighted by molar-refractivity contribution is 5.92. The van der Waals surface area contributed by atoms with E-state index in [1.807, 2.05) is 68.4 Å².